The van der Waals surface area contributed by atoms with Crippen molar-refractivity contribution in [1.82, 2.24) is 44.9 Å². The predicted octanol–water partition coefficient (Wildman–Crippen LogP) is 30.8. The second kappa shape index (κ2) is 30.6. The average molecular weight is 1790 g/mol. The van der Waals surface area contributed by atoms with Gasteiger partial charge in [0, 0.05) is 87.8 Å². The van der Waals surface area contributed by atoms with Crippen LogP contribution >= 0.6 is 0 Å². The molecule has 1 spiro atoms. The lowest BCUT2D eigenvalue weighted by Crippen LogP contribution is -2.28. The monoisotopic (exact) mass is 1790 g/mol. The summed E-state index contributed by atoms with van der Waals surface area (Å²) < 4.78 is 19.5. The maximum Gasteiger partial charge on any atom is 0.164 e. The Labute approximate surface area is 804 Å². The number of rotatable bonds is 14. The largest absolute Gasteiger partial charge is 0.456 e. The molecule has 0 amide bonds. The number of benzene rings is 19. The van der Waals surface area contributed by atoms with Gasteiger partial charge < -0.3 is 13.3 Å². The highest BCUT2D eigenvalue weighted by molar-refractivity contribution is 6.09. The summed E-state index contributed by atoms with van der Waals surface area (Å²) in [5, 5.41) is 6.27. The highest BCUT2D eigenvalue weighted by Crippen LogP contribution is 2.65. The van der Waals surface area contributed by atoms with Gasteiger partial charge in [-0.2, -0.15) is 0 Å². The summed E-state index contributed by atoms with van der Waals surface area (Å²) in [4.78, 5) is 48.5. The van der Waals surface area contributed by atoms with Crippen molar-refractivity contribution in [1.29, 1.82) is 0 Å². The van der Waals surface area contributed by atoms with E-state index in [2.05, 4.69) is 377 Å². The van der Waals surface area contributed by atoms with Crippen LogP contribution in [0, 0.1) is 0 Å². The molecule has 4 aliphatic rings. The number of hydrogen-bond donors (Lipinski definition) is 0. The van der Waals surface area contributed by atoms with Crippen LogP contribution in [0.5, 0.6) is 0 Å². The first-order valence-corrected chi connectivity index (χ1v) is 47.5. The fraction of sp³-hybridized carbons (Fsp3) is 0.0391. The fourth-order valence-electron chi connectivity index (χ4n) is 23.5. The molecule has 0 saturated heterocycles. The molecule has 12 nitrogen and oxygen atoms in total. The molecule has 0 aliphatic heterocycles. The molecule has 0 N–H and O–H groups in total. The van der Waals surface area contributed by atoms with Crippen molar-refractivity contribution < 1.29 is 13.3 Å². The Kier molecular flexibility index (Phi) is 17.3. The lowest BCUT2D eigenvalue weighted by atomic mass is 9.67. The molecule has 0 bridgehead atoms. The molecule has 0 fully saturated rings. The van der Waals surface area contributed by atoms with Crippen molar-refractivity contribution in [3.63, 3.8) is 0 Å². The molecular formula is C128H77N9O3. The first kappa shape index (κ1) is 79.0. The molecule has 6 heterocycles. The Morgan fingerprint density at radius 3 is 0.914 bits per heavy atom. The highest BCUT2D eigenvalue weighted by atomic mass is 16.3. The molecule has 29 rings (SSSR count). The third kappa shape index (κ3) is 11.9. The smallest absolute Gasteiger partial charge is 0.164 e. The van der Waals surface area contributed by atoms with Crippen molar-refractivity contribution in [2.75, 3.05) is 0 Å². The van der Waals surface area contributed by atoms with E-state index in [4.69, 9.17) is 58.1 Å². The van der Waals surface area contributed by atoms with E-state index >= 15 is 0 Å². The summed E-state index contributed by atoms with van der Waals surface area (Å²) in [6, 6.07) is 156. The number of fused-ring (bicyclic) bond motifs is 25. The van der Waals surface area contributed by atoms with Crippen LogP contribution in [0.25, 0.3) is 224 Å². The first-order chi connectivity index (χ1) is 69.2. The van der Waals surface area contributed by atoms with Crippen LogP contribution in [0.2, 0.25) is 0 Å². The Bertz CT molecular complexity index is 9480. The molecule has 652 valence electrons. The van der Waals surface area contributed by atoms with Gasteiger partial charge in [-0.25, -0.2) is 44.9 Å². The summed E-state index contributed by atoms with van der Waals surface area (Å²) in [6.45, 7) is 2.37. The summed E-state index contributed by atoms with van der Waals surface area (Å²) in [6.07, 6.45) is 0.698. The summed E-state index contributed by atoms with van der Waals surface area (Å²) in [5.41, 5.74) is 35.6. The predicted molar refractivity (Wildman–Crippen MR) is 558 cm³/mol. The Morgan fingerprint density at radius 2 is 0.464 bits per heavy atom. The van der Waals surface area contributed by atoms with Crippen LogP contribution in [0.1, 0.15) is 68.1 Å². The van der Waals surface area contributed by atoms with Crippen molar-refractivity contribution in [3.05, 3.63) is 498 Å². The van der Waals surface area contributed by atoms with E-state index in [1.165, 1.54) is 72.3 Å². The van der Waals surface area contributed by atoms with Crippen LogP contribution in [-0.2, 0) is 22.7 Å². The van der Waals surface area contributed by atoms with Gasteiger partial charge in [-0.15, -0.1) is 0 Å². The number of furan rings is 3. The highest BCUT2D eigenvalue weighted by Gasteiger charge is 2.53. The van der Waals surface area contributed by atoms with Crippen molar-refractivity contribution >= 4 is 65.8 Å². The van der Waals surface area contributed by atoms with E-state index in [-0.39, 0.29) is 0 Å². The summed E-state index contributed by atoms with van der Waals surface area (Å²) in [7, 11) is 0. The fourth-order valence-corrected chi connectivity index (χ4v) is 23.5. The number of para-hydroxylation sites is 3. The van der Waals surface area contributed by atoms with E-state index in [9.17, 15) is 0 Å². The Hall–Kier alpha value is -18.4. The Balaban J connectivity index is 0.511. The quantitative estimate of drug-likeness (QED) is 0.102. The topological polar surface area (TPSA) is 155 Å². The Morgan fingerprint density at radius 1 is 0.179 bits per heavy atom. The zero-order valence-electron chi connectivity index (χ0n) is 75.5. The summed E-state index contributed by atoms with van der Waals surface area (Å²) >= 11 is 0. The third-order valence-electron chi connectivity index (χ3n) is 29.9. The molecule has 19 aromatic carbocycles. The van der Waals surface area contributed by atoms with Gasteiger partial charge in [0.2, 0.25) is 0 Å². The second-order valence-electron chi connectivity index (χ2n) is 37.4. The van der Waals surface area contributed by atoms with Gasteiger partial charge >= 0.3 is 0 Å². The molecule has 140 heavy (non-hydrogen) atoms. The molecule has 4 aliphatic carbocycles. The van der Waals surface area contributed by atoms with Crippen LogP contribution in [0.15, 0.2) is 450 Å². The molecule has 12 heteroatoms. The van der Waals surface area contributed by atoms with Gasteiger partial charge in [0.25, 0.3) is 0 Å². The molecule has 2 atom stereocenters. The van der Waals surface area contributed by atoms with Gasteiger partial charge in [0.05, 0.1) is 10.8 Å². The molecule has 25 aromatic rings. The van der Waals surface area contributed by atoms with E-state index in [1.54, 1.807) is 0 Å². The average Bonchev–Trinajstić information content (AvgIpc) is 1.51. The van der Waals surface area contributed by atoms with Crippen LogP contribution < -0.4 is 0 Å². The van der Waals surface area contributed by atoms with Crippen molar-refractivity contribution in [2.24, 2.45) is 0 Å². The minimum atomic E-state index is -0.656. The SMILES string of the molecule is CC1(Cc2ccc(-c3nc(-c4ccc5c(c4)-c4ccccc4C54c5ccccc5-c5cc(-c6ccc(-c7nc(-c8ccc9c(c8)-c8ccccc8C9(c8ccccc8)c8ccccc8)nc(-c8ccc9c(c8)oc8ccccc89)n7)cc6)ccc54)nc(-c4ccc5c(c4)oc4ccccc45)n3)cc2)c2ccccc2-c2c(-c3nc(-c4ccccc4)nc(-c4ccc5c(c4)oc4ccccc45)n3)cccc21. The maximum atomic E-state index is 6.57. The molecular weight excluding hydrogens is 1710 g/mol. The molecule has 0 saturated carbocycles. The normalized spacial score (nSPS) is 14.9. The van der Waals surface area contributed by atoms with Gasteiger partial charge in [0.15, 0.2) is 52.4 Å². The van der Waals surface area contributed by atoms with E-state index < -0.39 is 16.2 Å². The third-order valence-corrected chi connectivity index (χ3v) is 29.9. The van der Waals surface area contributed by atoms with Crippen molar-refractivity contribution in [3.8, 4) is 158 Å². The van der Waals surface area contributed by atoms with E-state index in [1.807, 2.05) is 66.7 Å². The lowest BCUT2D eigenvalue weighted by molar-refractivity contribution is 0.583. The van der Waals surface area contributed by atoms with Gasteiger partial charge in [-0.3, -0.25) is 0 Å². The van der Waals surface area contributed by atoms with Crippen molar-refractivity contribution in [2.45, 2.75) is 29.6 Å². The maximum absolute atomic E-state index is 6.57. The van der Waals surface area contributed by atoms with Gasteiger partial charge in [-0.1, -0.05) is 371 Å². The molecule has 2 unspecified atom stereocenters. The van der Waals surface area contributed by atoms with E-state index in [0.29, 0.717) is 58.8 Å². The first-order valence-electron chi connectivity index (χ1n) is 47.5. The minimum absolute atomic E-state index is 0.459. The van der Waals surface area contributed by atoms with Crippen LogP contribution in [-0.4, -0.2) is 44.9 Å². The van der Waals surface area contributed by atoms with Gasteiger partial charge in [0.1, 0.15) is 33.5 Å². The number of hydrogen-bond acceptors (Lipinski definition) is 12. The van der Waals surface area contributed by atoms with E-state index in [0.717, 1.165) is 160 Å². The zero-order chi connectivity index (χ0) is 92.0. The minimum Gasteiger partial charge on any atom is -0.456 e. The number of aromatic nitrogens is 9. The standard InChI is InChI=1S/C128H77N9O3/c1-126(102-40-18-14-38-97(102)116-98(39-25-44-109(116)126)125-136-117(77-26-5-2-6-27-77)129-124(137-125)85-58-64-96-93-37-17-24-47-112(93)140-115(96)73-85)74-75-48-50-78(51-49-75)118-130-121(135-122(132-118)83-56-62-94-91-35-15-22-45-110(91)138-113(94)71-83)82-61-67-108-101(70-82)90-34-13-21-43-105(90)128(108)104-42-20-12-33-89(104)99-68-80(59-65-107(99)128)76-52-54-79(55-53-76)119-131-120(134-123(133-119)84-57-63-95-92-36-16-23-46-111(92)139-114(95)72-84)81-60-66-106-100(69-81)88-32-11-19-41-103(88)127(106,86-28-7-3-8-29-86)87-30-9-4-10-31-87/h2-73H,74H2,1H3. The lowest BCUT2D eigenvalue weighted by Gasteiger charge is -2.33. The zero-order valence-corrected chi connectivity index (χ0v) is 75.5. The summed E-state index contributed by atoms with van der Waals surface area (Å²) in [5.74, 6) is 5.05. The second-order valence-corrected chi connectivity index (χ2v) is 37.4. The van der Waals surface area contributed by atoms with Crippen LogP contribution in [0.4, 0.5) is 0 Å². The van der Waals surface area contributed by atoms with Gasteiger partial charge in [-0.05, 0) is 196 Å². The number of nitrogens with zero attached hydrogens (tertiary/aromatic N) is 9. The molecule has 0 radical (unpaired) electrons. The van der Waals surface area contributed by atoms with Crippen LogP contribution in [0.3, 0.4) is 0 Å². The molecule has 6 aromatic heterocycles.